The Morgan fingerprint density at radius 1 is 1.33 bits per heavy atom. The highest BCUT2D eigenvalue weighted by Crippen LogP contribution is 2.26. The van der Waals surface area contributed by atoms with Crippen molar-refractivity contribution in [1.82, 2.24) is 9.97 Å². The first-order chi connectivity index (χ1) is 7.45. The predicted octanol–water partition coefficient (Wildman–Crippen LogP) is 2.15. The molecule has 1 aromatic heterocycles. The Hall–Kier alpha value is -1.61. The third kappa shape index (κ3) is 1.45. The molecule has 3 nitrogen and oxygen atoms in total. The van der Waals surface area contributed by atoms with Crippen LogP contribution in [0.1, 0.15) is 11.1 Å². The molecule has 0 saturated heterocycles. The lowest BCUT2D eigenvalue weighted by Crippen LogP contribution is -2.11. The lowest BCUT2D eigenvalue weighted by atomic mass is 9.97. The number of nitrogens with one attached hydrogen (secondary N) is 1. The summed E-state index contributed by atoms with van der Waals surface area (Å²) in [6.07, 6.45) is 4.62. The molecule has 0 amide bonds. The molecular formula is C12H12N2O. The highest BCUT2D eigenvalue weighted by Gasteiger charge is 2.14. The number of aromatic nitrogens is 2. The average Bonchev–Trinajstić information content (AvgIpc) is 2.82. The molecule has 0 saturated carbocycles. The van der Waals surface area contributed by atoms with E-state index in [2.05, 4.69) is 28.2 Å². The molecule has 15 heavy (non-hydrogen) atoms. The van der Waals surface area contributed by atoms with E-state index in [0.29, 0.717) is 0 Å². The molecular weight excluding hydrogens is 188 g/mol. The minimum absolute atomic E-state index is 0.726. The number of benzene rings is 1. The van der Waals surface area contributed by atoms with E-state index >= 15 is 0 Å². The van der Waals surface area contributed by atoms with Gasteiger partial charge in [-0.15, -0.1) is 0 Å². The molecule has 0 unspecified atom stereocenters. The maximum absolute atomic E-state index is 5.44. The van der Waals surface area contributed by atoms with Crippen molar-refractivity contribution in [3.05, 3.63) is 41.7 Å². The minimum Gasteiger partial charge on any atom is -0.376 e. The van der Waals surface area contributed by atoms with Crippen LogP contribution in [0.3, 0.4) is 0 Å². The maximum Gasteiger partial charge on any atom is 0.137 e. The molecule has 0 radical (unpaired) electrons. The Morgan fingerprint density at radius 2 is 2.33 bits per heavy atom. The van der Waals surface area contributed by atoms with E-state index in [1.165, 1.54) is 16.7 Å². The normalized spacial score (nSPS) is 14.9. The van der Waals surface area contributed by atoms with Gasteiger partial charge in [-0.1, -0.05) is 18.2 Å². The van der Waals surface area contributed by atoms with Crippen molar-refractivity contribution in [2.45, 2.75) is 13.0 Å². The molecule has 0 bridgehead atoms. The highest BCUT2D eigenvalue weighted by atomic mass is 16.5. The Kier molecular flexibility index (Phi) is 2.03. The van der Waals surface area contributed by atoms with Gasteiger partial charge in [0.15, 0.2) is 0 Å². The van der Waals surface area contributed by atoms with Crippen LogP contribution in [0.4, 0.5) is 0 Å². The van der Waals surface area contributed by atoms with Crippen LogP contribution in [-0.4, -0.2) is 16.6 Å². The van der Waals surface area contributed by atoms with Crippen molar-refractivity contribution >= 4 is 0 Å². The SMILES string of the molecule is c1cc2c(c(-c3ncc[nH]3)c1)CCOC2. The number of fused-ring (bicyclic) bond motifs is 1. The van der Waals surface area contributed by atoms with Gasteiger partial charge in [-0.05, 0) is 17.5 Å². The summed E-state index contributed by atoms with van der Waals surface area (Å²) in [5.41, 5.74) is 3.87. The second-order valence-electron chi connectivity index (χ2n) is 3.68. The van der Waals surface area contributed by atoms with Gasteiger partial charge in [0, 0.05) is 18.0 Å². The predicted molar refractivity (Wildman–Crippen MR) is 57.4 cm³/mol. The fraction of sp³-hybridized carbons (Fsp3) is 0.250. The quantitative estimate of drug-likeness (QED) is 0.766. The van der Waals surface area contributed by atoms with Crippen LogP contribution in [0.2, 0.25) is 0 Å². The van der Waals surface area contributed by atoms with Gasteiger partial charge in [-0.2, -0.15) is 0 Å². The monoisotopic (exact) mass is 200 g/mol. The molecule has 2 heterocycles. The van der Waals surface area contributed by atoms with Crippen LogP contribution in [-0.2, 0) is 17.8 Å². The largest absolute Gasteiger partial charge is 0.376 e. The van der Waals surface area contributed by atoms with Crippen molar-refractivity contribution < 1.29 is 4.74 Å². The number of hydrogen-bond donors (Lipinski definition) is 1. The second-order valence-corrected chi connectivity index (χ2v) is 3.68. The molecule has 3 heteroatoms. The van der Waals surface area contributed by atoms with Gasteiger partial charge in [-0.25, -0.2) is 4.98 Å². The molecule has 76 valence electrons. The van der Waals surface area contributed by atoms with Gasteiger partial charge in [0.2, 0.25) is 0 Å². The second kappa shape index (κ2) is 3.51. The molecule has 0 fully saturated rings. The first kappa shape index (κ1) is 8.68. The van der Waals surface area contributed by atoms with E-state index in [9.17, 15) is 0 Å². The Morgan fingerprint density at radius 3 is 3.20 bits per heavy atom. The van der Waals surface area contributed by atoms with Crippen LogP contribution in [0.15, 0.2) is 30.6 Å². The van der Waals surface area contributed by atoms with Crippen LogP contribution in [0, 0.1) is 0 Å². The summed E-state index contributed by atoms with van der Waals surface area (Å²) in [5, 5.41) is 0. The van der Waals surface area contributed by atoms with E-state index in [4.69, 9.17) is 4.74 Å². The lowest BCUT2D eigenvalue weighted by Gasteiger charge is -2.18. The zero-order chi connectivity index (χ0) is 10.1. The van der Waals surface area contributed by atoms with Gasteiger partial charge in [0.25, 0.3) is 0 Å². The van der Waals surface area contributed by atoms with Crippen molar-refractivity contribution in [3.8, 4) is 11.4 Å². The van der Waals surface area contributed by atoms with Gasteiger partial charge < -0.3 is 9.72 Å². The topological polar surface area (TPSA) is 37.9 Å². The number of rotatable bonds is 1. The summed E-state index contributed by atoms with van der Waals surface area (Å²) in [4.78, 5) is 7.45. The Balaban J connectivity index is 2.15. The molecule has 3 rings (SSSR count). The van der Waals surface area contributed by atoms with E-state index in [0.717, 1.165) is 25.5 Å². The van der Waals surface area contributed by atoms with Gasteiger partial charge in [-0.3, -0.25) is 0 Å². The number of imidazole rings is 1. The Labute approximate surface area is 88.1 Å². The first-order valence-corrected chi connectivity index (χ1v) is 5.13. The third-order valence-corrected chi connectivity index (χ3v) is 2.78. The third-order valence-electron chi connectivity index (χ3n) is 2.78. The highest BCUT2D eigenvalue weighted by molar-refractivity contribution is 5.62. The molecule has 1 aromatic carbocycles. The summed E-state index contributed by atoms with van der Waals surface area (Å²) < 4.78 is 5.44. The van der Waals surface area contributed by atoms with Crippen LogP contribution in [0.25, 0.3) is 11.4 Å². The summed E-state index contributed by atoms with van der Waals surface area (Å²) in [6.45, 7) is 1.54. The first-order valence-electron chi connectivity index (χ1n) is 5.13. The number of nitrogens with zero attached hydrogens (tertiary/aromatic N) is 1. The van der Waals surface area contributed by atoms with Crippen LogP contribution >= 0.6 is 0 Å². The fourth-order valence-electron chi connectivity index (χ4n) is 2.06. The minimum atomic E-state index is 0.726. The van der Waals surface area contributed by atoms with Crippen molar-refractivity contribution in [3.63, 3.8) is 0 Å². The molecule has 1 N–H and O–H groups in total. The van der Waals surface area contributed by atoms with E-state index in [-0.39, 0.29) is 0 Å². The van der Waals surface area contributed by atoms with Crippen molar-refractivity contribution in [1.29, 1.82) is 0 Å². The zero-order valence-electron chi connectivity index (χ0n) is 8.36. The number of ether oxygens (including phenoxy) is 1. The van der Waals surface area contributed by atoms with E-state index < -0.39 is 0 Å². The van der Waals surface area contributed by atoms with Crippen LogP contribution in [0.5, 0.6) is 0 Å². The van der Waals surface area contributed by atoms with Crippen LogP contribution < -0.4 is 0 Å². The van der Waals surface area contributed by atoms with Gasteiger partial charge in [0.1, 0.15) is 5.82 Å². The smallest absolute Gasteiger partial charge is 0.137 e. The van der Waals surface area contributed by atoms with E-state index in [1.807, 2.05) is 6.20 Å². The van der Waals surface area contributed by atoms with Gasteiger partial charge >= 0.3 is 0 Å². The molecule has 1 aliphatic heterocycles. The van der Waals surface area contributed by atoms with E-state index in [1.54, 1.807) is 6.20 Å². The van der Waals surface area contributed by atoms with Crippen molar-refractivity contribution in [2.75, 3.05) is 6.61 Å². The number of H-pyrrole nitrogens is 1. The Bertz CT molecular complexity index is 462. The van der Waals surface area contributed by atoms with Crippen molar-refractivity contribution in [2.24, 2.45) is 0 Å². The average molecular weight is 200 g/mol. The summed E-state index contributed by atoms with van der Waals surface area (Å²) in [5.74, 6) is 0.953. The number of hydrogen-bond acceptors (Lipinski definition) is 2. The molecule has 2 aromatic rings. The standard InChI is InChI=1S/C12H12N2O/c1-2-9-8-15-7-4-10(9)11(3-1)12-13-5-6-14-12/h1-3,5-6H,4,7-8H2,(H,13,14). The fourth-order valence-corrected chi connectivity index (χ4v) is 2.06. The molecule has 0 spiro atoms. The summed E-state index contributed by atoms with van der Waals surface area (Å²) in [7, 11) is 0. The molecule has 0 atom stereocenters. The zero-order valence-corrected chi connectivity index (χ0v) is 8.36. The molecule has 1 aliphatic rings. The van der Waals surface area contributed by atoms with Gasteiger partial charge in [0.05, 0.1) is 13.2 Å². The molecule has 0 aliphatic carbocycles. The number of aromatic amines is 1. The summed E-state index contributed by atoms with van der Waals surface area (Å²) >= 11 is 0. The summed E-state index contributed by atoms with van der Waals surface area (Å²) in [6, 6.07) is 6.30. The lowest BCUT2D eigenvalue weighted by molar-refractivity contribution is 0.111. The maximum atomic E-state index is 5.44.